The van der Waals surface area contributed by atoms with Crippen LogP contribution >= 0.6 is 0 Å². The predicted molar refractivity (Wildman–Crippen MR) is 145 cm³/mol. The van der Waals surface area contributed by atoms with Crippen LogP contribution in [-0.2, 0) is 0 Å². The summed E-state index contributed by atoms with van der Waals surface area (Å²) < 4.78 is 0. The zero-order chi connectivity index (χ0) is 24.0. The molecule has 0 aromatic heterocycles. The van der Waals surface area contributed by atoms with E-state index < -0.39 is 0 Å². The lowest BCUT2D eigenvalue weighted by Crippen LogP contribution is -2.58. The quantitative estimate of drug-likeness (QED) is 0.431. The smallest absolute Gasteiger partial charge is 0.319 e. The fraction of sp³-hybridized carbons (Fsp3) is 0.767. The molecule has 1 aromatic carbocycles. The molecule has 3 fully saturated rings. The molecule has 3 atom stereocenters. The van der Waals surface area contributed by atoms with Crippen molar-refractivity contribution in [2.24, 2.45) is 23.2 Å². The molecule has 0 heterocycles. The molecule has 3 aliphatic rings. The second kappa shape index (κ2) is 11.8. The zero-order valence-corrected chi connectivity index (χ0v) is 22.1. The van der Waals surface area contributed by atoms with Gasteiger partial charge in [0, 0.05) is 31.5 Å². The van der Waals surface area contributed by atoms with Crippen molar-refractivity contribution in [3.8, 4) is 0 Å². The Balaban J connectivity index is 1.54. The SMILES string of the molecule is CN(C)c1ccc(NC(=O)N[C@H]2[C@H](C3CCCCCC3)CCCC2(C)C2CCCCCC2)cc1. The summed E-state index contributed by atoms with van der Waals surface area (Å²) in [7, 11) is 4.08. The number of amides is 2. The van der Waals surface area contributed by atoms with E-state index in [-0.39, 0.29) is 17.5 Å². The van der Waals surface area contributed by atoms with Crippen LogP contribution in [0.4, 0.5) is 16.2 Å². The lowest BCUT2D eigenvalue weighted by molar-refractivity contribution is 0.00683. The van der Waals surface area contributed by atoms with Crippen molar-refractivity contribution in [3.63, 3.8) is 0 Å². The number of carbonyl (C=O) groups excluding carboxylic acids is 1. The Morgan fingerprint density at radius 2 is 1.41 bits per heavy atom. The first-order valence-corrected chi connectivity index (χ1v) is 14.3. The summed E-state index contributed by atoms with van der Waals surface area (Å²) in [5, 5.41) is 6.80. The molecule has 2 N–H and O–H groups in total. The third kappa shape index (κ3) is 6.10. The molecular weight excluding hydrogens is 418 g/mol. The second-order valence-electron chi connectivity index (χ2n) is 12.0. The van der Waals surface area contributed by atoms with Crippen LogP contribution < -0.4 is 15.5 Å². The monoisotopic (exact) mass is 467 g/mol. The van der Waals surface area contributed by atoms with Gasteiger partial charge in [0.05, 0.1) is 0 Å². The number of anilines is 2. The van der Waals surface area contributed by atoms with Crippen LogP contribution in [-0.4, -0.2) is 26.2 Å². The van der Waals surface area contributed by atoms with Crippen LogP contribution in [0.2, 0.25) is 0 Å². The highest BCUT2D eigenvalue weighted by Crippen LogP contribution is 2.52. The predicted octanol–water partition coefficient (Wildman–Crippen LogP) is 7.99. The molecule has 190 valence electrons. The van der Waals surface area contributed by atoms with Crippen LogP contribution in [0.15, 0.2) is 24.3 Å². The van der Waals surface area contributed by atoms with Gasteiger partial charge in [-0.25, -0.2) is 4.79 Å². The Labute approximate surface area is 208 Å². The third-order valence-electron chi connectivity index (χ3n) is 9.61. The zero-order valence-electron chi connectivity index (χ0n) is 22.1. The third-order valence-corrected chi connectivity index (χ3v) is 9.61. The maximum atomic E-state index is 13.4. The van der Waals surface area contributed by atoms with Gasteiger partial charge in [0.1, 0.15) is 0 Å². The number of urea groups is 1. The summed E-state index contributed by atoms with van der Waals surface area (Å²) in [6.45, 7) is 2.54. The van der Waals surface area contributed by atoms with Crippen LogP contribution in [0.5, 0.6) is 0 Å². The van der Waals surface area contributed by atoms with Crippen LogP contribution in [0.25, 0.3) is 0 Å². The molecule has 4 nitrogen and oxygen atoms in total. The fourth-order valence-electron chi connectivity index (χ4n) is 7.60. The van der Waals surface area contributed by atoms with Crippen LogP contribution in [0.1, 0.15) is 103 Å². The normalized spacial score (nSPS) is 29.6. The van der Waals surface area contributed by atoms with E-state index in [2.05, 4.69) is 34.6 Å². The highest BCUT2D eigenvalue weighted by Gasteiger charge is 2.49. The van der Waals surface area contributed by atoms with Crippen molar-refractivity contribution >= 4 is 17.4 Å². The number of hydrogen-bond acceptors (Lipinski definition) is 2. The molecule has 0 aliphatic heterocycles. The average molecular weight is 468 g/mol. The number of carbonyl (C=O) groups is 1. The standard InChI is InChI=1S/C30H49N3O/c1-30(24-15-10-6-7-11-16-24)22-12-17-27(23-13-8-4-5-9-14-23)28(30)32-29(34)31-25-18-20-26(21-19-25)33(2)3/h18-21,23-24,27-28H,4-17,22H2,1-3H3,(H2,31,32,34)/t27-,28-,30?/m0/s1. The first kappa shape index (κ1) is 25.4. The molecular formula is C30H49N3O. The first-order valence-electron chi connectivity index (χ1n) is 14.3. The molecule has 0 bridgehead atoms. The largest absolute Gasteiger partial charge is 0.378 e. The molecule has 3 aliphatic carbocycles. The van der Waals surface area contributed by atoms with Crippen molar-refractivity contribution in [2.45, 2.75) is 109 Å². The Morgan fingerprint density at radius 1 is 0.824 bits per heavy atom. The van der Waals surface area contributed by atoms with Gasteiger partial charge in [-0.05, 0) is 73.1 Å². The summed E-state index contributed by atoms with van der Waals surface area (Å²) in [6.07, 6.45) is 20.3. The number of nitrogens with zero attached hydrogens (tertiary/aromatic N) is 1. The highest BCUT2D eigenvalue weighted by molar-refractivity contribution is 5.89. The lowest BCUT2D eigenvalue weighted by Gasteiger charge is -2.52. The van der Waals surface area contributed by atoms with Gasteiger partial charge in [-0.2, -0.15) is 0 Å². The fourth-order valence-corrected chi connectivity index (χ4v) is 7.60. The number of rotatable bonds is 5. The Bertz CT molecular complexity index is 760. The molecule has 0 radical (unpaired) electrons. The summed E-state index contributed by atoms with van der Waals surface area (Å²) in [5.41, 5.74) is 2.24. The minimum Gasteiger partial charge on any atom is -0.378 e. The number of hydrogen-bond donors (Lipinski definition) is 2. The van der Waals surface area contributed by atoms with Gasteiger partial charge in [-0.3, -0.25) is 0 Å². The topological polar surface area (TPSA) is 44.4 Å². The summed E-state index contributed by atoms with van der Waals surface area (Å²) in [6, 6.07) is 8.45. The van der Waals surface area contributed by atoms with Crippen molar-refractivity contribution in [1.29, 1.82) is 0 Å². The summed E-state index contributed by atoms with van der Waals surface area (Å²) in [4.78, 5) is 15.5. The number of benzene rings is 1. The maximum absolute atomic E-state index is 13.4. The average Bonchev–Trinajstić information content (AvgIpc) is 3.27. The van der Waals surface area contributed by atoms with Gasteiger partial charge in [0.2, 0.25) is 0 Å². The Hall–Kier alpha value is -1.71. The maximum Gasteiger partial charge on any atom is 0.319 e. The van der Waals surface area contributed by atoms with Crippen molar-refractivity contribution in [1.82, 2.24) is 5.32 Å². The number of nitrogens with one attached hydrogen (secondary N) is 2. The van der Waals surface area contributed by atoms with Crippen LogP contribution in [0, 0.1) is 23.2 Å². The highest BCUT2D eigenvalue weighted by atomic mass is 16.2. The van der Waals surface area contributed by atoms with Gasteiger partial charge in [0.25, 0.3) is 0 Å². The molecule has 0 spiro atoms. The molecule has 2 amide bonds. The van der Waals surface area contributed by atoms with Crippen molar-refractivity contribution in [3.05, 3.63) is 24.3 Å². The van der Waals surface area contributed by atoms with Crippen molar-refractivity contribution < 1.29 is 4.79 Å². The molecule has 1 aromatic rings. The molecule has 4 rings (SSSR count). The molecule has 0 saturated heterocycles. The molecule has 4 heteroatoms. The van der Waals surface area contributed by atoms with Gasteiger partial charge in [-0.15, -0.1) is 0 Å². The molecule has 1 unspecified atom stereocenters. The van der Waals surface area contributed by atoms with Gasteiger partial charge in [-0.1, -0.05) is 77.6 Å². The first-order chi connectivity index (χ1) is 16.5. The lowest BCUT2D eigenvalue weighted by atomic mass is 9.56. The summed E-state index contributed by atoms with van der Waals surface area (Å²) >= 11 is 0. The molecule has 3 saturated carbocycles. The van der Waals surface area contributed by atoms with E-state index in [4.69, 9.17) is 0 Å². The minimum absolute atomic E-state index is 0.0111. The van der Waals surface area contributed by atoms with Gasteiger partial charge in [0.15, 0.2) is 0 Å². The Morgan fingerprint density at radius 3 is 2.00 bits per heavy atom. The van der Waals surface area contributed by atoms with E-state index in [0.29, 0.717) is 5.92 Å². The second-order valence-corrected chi connectivity index (χ2v) is 12.0. The minimum atomic E-state index is -0.0111. The van der Waals surface area contributed by atoms with Crippen LogP contribution in [0.3, 0.4) is 0 Å². The van der Waals surface area contributed by atoms with E-state index in [1.54, 1.807) is 0 Å². The van der Waals surface area contributed by atoms with Crippen molar-refractivity contribution in [2.75, 3.05) is 24.3 Å². The van der Waals surface area contributed by atoms with Gasteiger partial charge >= 0.3 is 6.03 Å². The van der Waals surface area contributed by atoms with E-state index in [0.717, 1.165) is 23.2 Å². The van der Waals surface area contributed by atoms with Gasteiger partial charge < -0.3 is 15.5 Å². The molecule has 34 heavy (non-hydrogen) atoms. The van der Waals surface area contributed by atoms with E-state index in [1.165, 1.54) is 96.3 Å². The van der Waals surface area contributed by atoms with E-state index in [1.807, 2.05) is 26.2 Å². The summed E-state index contributed by atoms with van der Waals surface area (Å²) in [5.74, 6) is 2.15. The van der Waals surface area contributed by atoms with E-state index >= 15 is 0 Å². The Kier molecular flexibility index (Phi) is 8.82. The van der Waals surface area contributed by atoms with E-state index in [9.17, 15) is 4.79 Å².